The molecule has 0 saturated carbocycles. The number of fused-ring (bicyclic) bond motifs is 1. The highest BCUT2D eigenvalue weighted by Crippen LogP contribution is 2.34. The monoisotopic (exact) mass is 605 g/mol. The maximum atomic E-state index is 13.2. The van der Waals surface area contributed by atoms with Gasteiger partial charge in [-0.05, 0) is 54.1 Å². The first-order valence-electron chi connectivity index (χ1n) is 11.4. The maximum Gasteiger partial charge on any atom is 0.345 e. The van der Waals surface area contributed by atoms with Gasteiger partial charge in [0.1, 0.15) is 11.4 Å². The van der Waals surface area contributed by atoms with Crippen LogP contribution < -0.4 is 10.2 Å². The van der Waals surface area contributed by atoms with E-state index in [4.69, 9.17) is 27.9 Å². The first-order valence-corrected chi connectivity index (χ1v) is 12.9. The van der Waals surface area contributed by atoms with Gasteiger partial charge in [-0.1, -0.05) is 81.6 Å². The standard InChI is InChI=1S/C29H18BrCl2N3O3/c30-19-10-13-25(38-29(37)21-8-4-5-9-23(21)32)18(14-19)16-33-35-28(36)27-26(17-6-2-1-3-7-17)22-15-20(31)11-12-24(22)34-27/h1-16,34H,(H,35,36). The second-order valence-corrected chi connectivity index (χ2v) is 9.94. The van der Waals surface area contributed by atoms with Gasteiger partial charge in [0.05, 0.1) is 16.8 Å². The predicted molar refractivity (Wildman–Crippen MR) is 154 cm³/mol. The molecule has 1 amide bonds. The van der Waals surface area contributed by atoms with E-state index in [0.29, 0.717) is 21.8 Å². The second-order valence-electron chi connectivity index (χ2n) is 8.18. The smallest absolute Gasteiger partial charge is 0.345 e. The molecule has 0 radical (unpaired) electrons. The highest BCUT2D eigenvalue weighted by molar-refractivity contribution is 9.10. The molecule has 0 unspecified atom stereocenters. The van der Waals surface area contributed by atoms with Crippen LogP contribution in [-0.4, -0.2) is 23.1 Å². The molecule has 0 saturated heterocycles. The van der Waals surface area contributed by atoms with Crippen LogP contribution in [0.15, 0.2) is 101 Å². The Labute approximate surface area is 236 Å². The van der Waals surface area contributed by atoms with Gasteiger partial charge in [0.15, 0.2) is 0 Å². The highest BCUT2D eigenvalue weighted by atomic mass is 79.9. The van der Waals surface area contributed by atoms with Gasteiger partial charge in [0, 0.05) is 31.5 Å². The van der Waals surface area contributed by atoms with Crippen LogP contribution in [0.25, 0.3) is 22.0 Å². The number of nitrogens with zero attached hydrogens (tertiary/aromatic N) is 1. The molecule has 0 aliphatic rings. The van der Waals surface area contributed by atoms with Gasteiger partial charge in [-0.2, -0.15) is 5.10 Å². The Bertz CT molecular complexity index is 1700. The summed E-state index contributed by atoms with van der Waals surface area (Å²) >= 11 is 15.8. The second kappa shape index (κ2) is 11.2. The van der Waals surface area contributed by atoms with Crippen molar-refractivity contribution < 1.29 is 14.3 Å². The van der Waals surface area contributed by atoms with Crippen LogP contribution in [0.4, 0.5) is 0 Å². The van der Waals surface area contributed by atoms with E-state index in [-0.39, 0.29) is 16.3 Å². The molecule has 1 aromatic heterocycles. The zero-order valence-electron chi connectivity index (χ0n) is 19.5. The Morgan fingerprint density at radius 1 is 0.921 bits per heavy atom. The maximum absolute atomic E-state index is 13.2. The first kappa shape index (κ1) is 25.7. The average Bonchev–Trinajstić information content (AvgIpc) is 3.29. The number of halogens is 3. The quantitative estimate of drug-likeness (QED) is 0.0892. The molecule has 0 fully saturated rings. The number of ether oxygens (including phenoxy) is 1. The molecule has 1 heterocycles. The number of nitrogens with one attached hydrogen (secondary N) is 2. The first-order chi connectivity index (χ1) is 18.4. The molecule has 5 rings (SSSR count). The Kier molecular flexibility index (Phi) is 7.60. The van der Waals surface area contributed by atoms with Gasteiger partial charge in [-0.15, -0.1) is 0 Å². The summed E-state index contributed by atoms with van der Waals surface area (Å²) in [5.74, 6) is -0.806. The summed E-state index contributed by atoms with van der Waals surface area (Å²) in [6.07, 6.45) is 1.40. The van der Waals surface area contributed by atoms with Crippen molar-refractivity contribution in [1.29, 1.82) is 0 Å². The number of carbonyl (C=O) groups excluding carboxylic acids is 2. The molecule has 2 N–H and O–H groups in total. The molecule has 38 heavy (non-hydrogen) atoms. The minimum atomic E-state index is -0.610. The van der Waals surface area contributed by atoms with Gasteiger partial charge in [0.25, 0.3) is 5.91 Å². The molecule has 0 bridgehead atoms. The number of esters is 1. The van der Waals surface area contributed by atoms with Crippen molar-refractivity contribution in [3.63, 3.8) is 0 Å². The fourth-order valence-corrected chi connectivity index (χ4v) is 4.71. The number of hydrogen-bond donors (Lipinski definition) is 2. The Morgan fingerprint density at radius 3 is 2.47 bits per heavy atom. The molecule has 0 aliphatic carbocycles. The predicted octanol–water partition coefficient (Wildman–Crippen LogP) is 7.89. The zero-order chi connectivity index (χ0) is 26.6. The van der Waals surface area contributed by atoms with Crippen LogP contribution in [0.2, 0.25) is 10.0 Å². The number of aromatic nitrogens is 1. The number of benzene rings is 4. The van der Waals surface area contributed by atoms with Crippen molar-refractivity contribution in [1.82, 2.24) is 10.4 Å². The van der Waals surface area contributed by atoms with Crippen LogP contribution in [-0.2, 0) is 0 Å². The Morgan fingerprint density at radius 2 is 1.68 bits per heavy atom. The largest absolute Gasteiger partial charge is 0.422 e. The van der Waals surface area contributed by atoms with Gasteiger partial charge in [-0.3, -0.25) is 4.79 Å². The lowest BCUT2D eigenvalue weighted by atomic mass is 10.0. The third-order valence-electron chi connectivity index (χ3n) is 5.69. The van der Waals surface area contributed by atoms with Crippen LogP contribution in [0.5, 0.6) is 5.75 Å². The molecule has 4 aromatic carbocycles. The van der Waals surface area contributed by atoms with Crippen LogP contribution in [0.3, 0.4) is 0 Å². The van der Waals surface area contributed by atoms with E-state index in [1.165, 1.54) is 6.21 Å². The molecular weight excluding hydrogens is 589 g/mol. The Hall–Kier alpha value is -3.91. The molecule has 9 heteroatoms. The van der Waals surface area contributed by atoms with Crippen molar-refractivity contribution in [3.05, 3.63) is 122 Å². The van der Waals surface area contributed by atoms with Gasteiger partial charge >= 0.3 is 5.97 Å². The van der Waals surface area contributed by atoms with Crippen molar-refractivity contribution in [2.24, 2.45) is 5.10 Å². The van der Waals surface area contributed by atoms with Gasteiger partial charge in [-0.25, -0.2) is 10.2 Å². The fourth-order valence-electron chi connectivity index (χ4n) is 3.95. The van der Waals surface area contributed by atoms with Gasteiger partial charge in [0.2, 0.25) is 0 Å². The van der Waals surface area contributed by atoms with E-state index in [0.717, 1.165) is 20.9 Å². The van der Waals surface area contributed by atoms with Crippen molar-refractivity contribution >= 4 is 68.1 Å². The van der Waals surface area contributed by atoms with E-state index < -0.39 is 11.9 Å². The van der Waals surface area contributed by atoms with Crippen LogP contribution in [0.1, 0.15) is 26.4 Å². The number of aromatic amines is 1. The van der Waals surface area contributed by atoms with E-state index in [1.54, 1.807) is 48.5 Å². The summed E-state index contributed by atoms with van der Waals surface area (Å²) in [6.45, 7) is 0. The number of rotatable bonds is 6. The lowest BCUT2D eigenvalue weighted by Crippen LogP contribution is -2.19. The number of carbonyl (C=O) groups is 2. The van der Waals surface area contributed by atoms with E-state index in [9.17, 15) is 9.59 Å². The summed E-state index contributed by atoms with van der Waals surface area (Å²) in [6, 6.07) is 26.6. The molecule has 5 aromatic rings. The van der Waals surface area contributed by atoms with E-state index >= 15 is 0 Å². The number of amides is 1. The van der Waals surface area contributed by atoms with Crippen molar-refractivity contribution in [2.75, 3.05) is 0 Å². The molecule has 0 spiro atoms. The van der Waals surface area contributed by atoms with Crippen molar-refractivity contribution in [2.45, 2.75) is 0 Å². The minimum Gasteiger partial charge on any atom is -0.422 e. The summed E-state index contributed by atoms with van der Waals surface area (Å²) in [7, 11) is 0. The summed E-state index contributed by atoms with van der Waals surface area (Å²) in [4.78, 5) is 29.1. The SMILES string of the molecule is O=C(Oc1ccc(Br)cc1C=NNC(=O)c1[nH]c2ccc(Cl)cc2c1-c1ccccc1)c1ccccc1Cl. The number of hydrogen-bond acceptors (Lipinski definition) is 4. The molecular formula is C29H18BrCl2N3O3. The van der Waals surface area contributed by atoms with Crippen LogP contribution >= 0.6 is 39.1 Å². The summed E-state index contributed by atoms with van der Waals surface area (Å²) in [5.41, 5.74) is 5.94. The minimum absolute atomic E-state index is 0.237. The Balaban J connectivity index is 1.42. The normalized spacial score (nSPS) is 11.1. The van der Waals surface area contributed by atoms with Gasteiger partial charge < -0.3 is 9.72 Å². The number of hydrazone groups is 1. The zero-order valence-corrected chi connectivity index (χ0v) is 22.6. The summed E-state index contributed by atoms with van der Waals surface area (Å²) < 4.78 is 6.31. The third kappa shape index (κ3) is 5.50. The lowest BCUT2D eigenvalue weighted by molar-refractivity contribution is 0.0734. The molecule has 0 atom stereocenters. The number of H-pyrrole nitrogens is 1. The van der Waals surface area contributed by atoms with E-state index in [1.807, 2.05) is 42.5 Å². The average molecular weight is 607 g/mol. The van der Waals surface area contributed by atoms with Crippen LogP contribution in [0, 0.1) is 0 Å². The summed E-state index contributed by atoms with van der Waals surface area (Å²) in [5, 5.41) is 5.79. The fraction of sp³-hybridized carbons (Fsp3) is 0. The molecule has 188 valence electrons. The lowest BCUT2D eigenvalue weighted by Gasteiger charge is -2.09. The molecule has 0 aliphatic heterocycles. The van der Waals surface area contributed by atoms with Crippen molar-refractivity contribution in [3.8, 4) is 16.9 Å². The highest BCUT2D eigenvalue weighted by Gasteiger charge is 2.19. The van der Waals surface area contributed by atoms with E-state index in [2.05, 4.69) is 31.4 Å². The third-order valence-corrected chi connectivity index (χ3v) is 6.75. The molecule has 6 nitrogen and oxygen atoms in total. The topological polar surface area (TPSA) is 83.5 Å².